The number of hydrogen-bond donors (Lipinski definition) is 1. The van der Waals surface area contributed by atoms with Gasteiger partial charge >= 0.3 is 0 Å². The van der Waals surface area contributed by atoms with Crippen LogP contribution in [0.15, 0.2) is 54.6 Å². The van der Waals surface area contributed by atoms with E-state index in [2.05, 4.69) is 6.92 Å². The molecule has 0 saturated carbocycles. The van der Waals surface area contributed by atoms with Gasteiger partial charge in [0.2, 0.25) is 0 Å². The second-order valence-electron chi connectivity index (χ2n) is 4.98. The van der Waals surface area contributed by atoms with E-state index in [4.69, 9.17) is 5.73 Å². The van der Waals surface area contributed by atoms with E-state index < -0.39 is 10.5 Å². The number of non-ortho nitro benzene ring substituents is 1. The van der Waals surface area contributed by atoms with Crippen LogP contribution in [-0.4, -0.2) is 4.92 Å². The highest BCUT2D eigenvalue weighted by Crippen LogP contribution is 2.27. The first-order chi connectivity index (χ1) is 9.55. The number of nitro benzene ring substituents is 1. The number of nitro groups is 1. The largest absolute Gasteiger partial charge is 0.321 e. The van der Waals surface area contributed by atoms with Crippen LogP contribution in [0.2, 0.25) is 0 Å². The molecule has 0 aliphatic carbocycles. The first-order valence-electron chi connectivity index (χ1n) is 6.63. The van der Waals surface area contributed by atoms with Gasteiger partial charge in [-0.15, -0.1) is 0 Å². The summed E-state index contributed by atoms with van der Waals surface area (Å²) in [5, 5.41) is 10.7. The molecule has 4 heteroatoms. The molecule has 2 N–H and O–H groups in total. The van der Waals surface area contributed by atoms with E-state index in [-0.39, 0.29) is 5.69 Å². The summed E-state index contributed by atoms with van der Waals surface area (Å²) < 4.78 is 0. The molecule has 0 saturated heterocycles. The minimum absolute atomic E-state index is 0.104. The fraction of sp³-hybridized carbons (Fsp3) is 0.250. The molecule has 0 fully saturated rings. The highest BCUT2D eigenvalue weighted by atomic mass is 16.6. The normalized spacial score (nSPS) is 13.7. The lowest BCUT2D eigenvalue weighted by Gasteiger charge is -2.29. The van der Waals surface area contributed by atoms with Crippen molar-refractivity contribution < 1.29 is 4.92 Å². The number of nitrogens with two attached hydrogens (primary N) is 1. The highest BCUT2D eigenvalue weighted by molar-refractivity contribution is 5.35. The molecule has 0 amide bonds. The fourth-order valence-corrected chi connectivity index (χ4v) is 2.30. The van der Waals surface area contributed by atoms with Crippen LogP contribution in [0.4, 0.5) is 5.69 Å². The van der Waals surface area contributed by atoms with Crippen molar-refractivity contribution in [1.29, 1.82) is 0 Å². The molecule has 4 nitrogen and oxygen atoms in total. The maximum absolute atomic E-state index is 10.7. The van der Waals surface area contributed by atoms with E-state index in [1.54, 1.807) is 12.1 Å². The van der Waals surface area contributed by atoms with Crippen molar-refractivity contribution in [3.63, 3.8) is 0 Å². The monoisotopic (exact) mass is 270 g/mol. The van der Waals surface area contributed by atoms with Gasteiger partial charge in [0.25, 0.3) is 5.69 Å². The third-order valence-electron chi connectivity index (χ3n) is 3.65. The van der Waals surface area contributed by atoms with E-state index in [9.17, 15) is 10.1 Å². The van der Waals surface area contributed by atoms with Crippen LogP contribution in [0.1, 0.15) is 24.5 Å². The van der Waals surface area contributed by atoms with Crippen molar-refractivity contribution in [1.82, 2.24) is 0 Å². The second kappa shape index (κ2) is 5.84. The average molecular weight is 270 g/mol. The molecule has 0 radical (unpaired) electrons. The highest BCUT2D eigenvalue weighted by Gasteiger charge is 2.25. The van der Waals surface area contributed by atoms with Crippen LogP contribution >= 0.6 is 0 Å². The van der Waals surface area contributed by atoms with Gasteiger partial charge in [-0.05, 0) is 24.0 Å². The van der Waals surface area contributed by atoms with Gasteiger partial charge in [-0.2, -0.15) is 0 Å². The first kappa shape index (κ1) is 14.2. The molecule has 1 unspecified atom stereocenters. The van der Waals surface area contributed by atoms with Crippen LogP contribution in [-0.2, 0) is 12.0 Å². The Morgan fingerprint density at radius 1 is 1.10 bits per heavy atom. The summed E-state index contributed by atoms with van der Waals surface area (Å²) in [4.78, 5) is 10.3. The minimum atomic E-state index is -0.447. The fourth-order valence-electron chi connectivity index (χ4n) is 2.30. The summed E-state index contributed by atoms with van der Waals surface area (Å²) in [5.74, 6) is 0. The summed E-state index contributed by atoms with van der Waals surface area (Å²) in [6.45, 7) is 2.05. The Labute approximate surface area is 118 Å². The molecule has 104 valence electrons. The van der Waals surface area contributed by atoms with Gasteiger partial charge in [0, 0.05) is 17.7 Å². The average Bonchev–Trinajstić information content (AvgIpc) is 2.48. The van der Waals surface area contributed by atoms with E-state index >= 15 is 0 Å². The van der Waals surface area contributed by atoms with Crippen LogP contribution in [0.5, 0.6) is 0 Å². The summed E-state index contributed by atoms with van der Waals surface area (Å²) in [6, 6.07) is 16.6. The quantitative estimate of drug-likeness (QED) is 0.668. The SMILES string of the molecule is CCC(N)(Cc1ccc([N+](=O)[O-])cc1)c1ccccc1. The molecule has 0 heterocycles. The molecule has 2 aromatic rings. The van der Waals surface area contributed by atoms with Gasteiger partial charge in [-0.25, -0.2) is 0 Å². The van der Waals surface area contributed by atoms with Crippen molar-refractivity contribution in [2.24, 2.45) is 5.73 Å². The van der Waals surface area contributed by atoms with Gasteiger partial charge in [0.05, 0.1) is 4.92 Å². The zero-order valence-electron chi connectivity index (χ0n) is 11.5. The summed E-state index contributed by atoms with van der Waals surface area (Å²) in [5.41, 5.74) is 8.26. The van der Waals surface area contributed by atoms with Crippen LogP contribution in [0, 0.1) is 10.1 Å². The van der Waals surface area contributed by atoms with Crippen molar-refractivity contribution in [2.75, 3.05) is 0 Å². The molecule has 2 rings (SSSR count). The molecular weight excluding hydrogens is 252 g/mol. The lowest BCUT2D eigenvalue weighted by molar-refractivity contribution is -0.384. The third-order valence-corrected chi connectivity index (χ3v) is 3.65. The van der Waals surface area contributed by atoms with E-state index in [0.717, 1.165) is 17.5 Å². The lowest BCUT2D eigenvalue weighted by Crippen LogP contribution is -2.38. The zero-order chi connectivity index (χ0) is 14.6. The molecule has 2 aromatic carbocycles. The first-order valence-corrected chi connectivity index (χ1v) is 6.63. The summed E-state index contributed by atoms with van der Waals surface area (Å²) in [6.07, 6.45) is 1.46. The van der Waals surface area contributed by atoms with E-state index in [1.165, 1.54) is 12.1 Å². The number of rotatable bonds is 5. The molecular formula is C16H18N2O2. The van der Waals surface area contributed by atoms with Crippen molar-refractivity contribution in [2.45, 2.75) is 25.3 Å². The number of hydrogen-bond acceptors (Lipinski definition) is 3. The molecule has 20 heavy (non-hydrogen) atoms. The molecule has 0 aliphatic rings. The van der Waals surface area contributed by atoms with E-state index in [1.807, 2.05) is 30.3 Å². The zero-order valence-corrected chi connectivity index (χ0v) is 11.5. The summed E-state index contributed by atoms with van der Waals surface area (Å²) >= 11 is 0. The van der Waals surface area contributed by atoms with Crippen molar-refractivity contribution in [3.8, 4) is 0 Å². The summed E-state index contributed by atoms with van der Waals surface area (Å²) in [7, 11) is 0. The molecule has 0 aliphatic heterocycles. The predicted octanol–water partition coefficient (Wildman–Crippen LogP) is 3.40. The second-order valence-corrected chi connectivity index (χ2v) is 4.98. The Bertz CT molecular complexity index is 581. The van der Waals surface area contributed by atoms with E-state index in [0.29, 0.717) is 6.42 Å². The molecule has 0 bridgehead atoms. The molecule has 0 aromatic heterocycles. The Balaban J connectivity index is 2.24. The molecule has 1 atom stereocenters. The lowest BCUT2D eigenvalue weighted by atomic mass is 9.82. The van der Waals surface area contributed by atoms with Crippen LogP contribution < -0.4 is 5.73 Å². The molecule has 0 spiro atoms. The van der Waals surface area contributed by atoms with Crippen LogP contribution in [0.25, 0.3) is 0 Å². The maximum Gasteiger partial charge on any atom is 0.269 e. The Morgan fingerprint density at radius 2 is 1.70 bits per heavy atom. The van der Waals surface area contributed by atoms with Gasteiger partial charge in [-0.3, -0.25) is 10.1 Å². The topological polar surface area (TPSA) is 69.2 Å². The number of nitrogens with zero attached hydrogens (tertiary/aromatic N) is 1. The van der Waals surface area contributed by atoms with Gasteiger partial charge in [-0.1, -0.05) is 49.4 Å². The van der Waals surface area contributed by atoms with Gasteiger partial charge < -0.3 is 5.73 Å². The minimum Gasteiger partial charge on any atom is -0.321 e. The van der Waals surface area contributed by atoms with Gasteiger partial charge in [0.15, 0.2) is 0 Å². The predicted molar refractivity (Wildman–Crippen MR) is 79.4 cm³/mol. The Kier molecular flexibility index (Phi) is 4.15. The third kappa shape index (κ3) is 3.03. The van der Waals surface area contributed by atoms with Gasteiger partial charge in [0.1, 0.15) is 0 Å². The van der Waals surface area contributed by atoms with Crippen LogP contribution in [0.3, 0.4) is 0 Å². The number of benzene rings is 2. The Morgan fingerprint density at radius 3 is 2.20 bits per heavy atom. The van der Waals surface area contributed by atoms with Crippen molar-refractivity contribution >= 4 is 5.69 Å². The van der Waals surface area contributed by atoms with Crippen molar-refractivity contribution in [3.05, 3.63) is 75.8 Å². The standard InChI is InChI=1S/C16H18N2O2/c1-2-16(17,14-6-4-3-5-7-14)12-13-8-10-15(11-9-13)18(19)20/h3-11H,2,12,17H2,1H3. The Hall–Kier alpha value is -2.20. The smallest absolute Gasteiger partial charge is 0.269 e. The maximum atomic E-state index is 10.7.